The number of hydrogen-bond acceptors (Lipinski definition) is 1. The highest BCUT2D eigenvalue weighted by atomic mass is 16.5. The van der Waals surface area contributed by atoms with E-state index in [9.17, 15) is 0 Å². The topological polar surface area (TPSA) is 9.23 Å². The summed E-state index contributed by atoms with van der Waals surface area (Å²) in [6.45, 7) is 5.25. The summed E-state index contributed by atoms with van der Waals surface area (Å²) < 4.78 is 5.40. The minimum absolute atomic E-state index is 0.722. The molecule has 0 aliphatic carbocycles. The van der Waals surface area contributed by atoms with Gasteiger partial charge in [-0.05, 0) is 18.4 Å². The van der Waals surface area contributed by atoms with Crippen molar-refractivity contribution < 1.29 is 4.74 Å². The summed E-state index contributed by atoms with van der Waals surface area (Å²) in [5.41, 5.74) is 0. The Morgan fingerprint density at radius 3 is 3.00 bits per heavy atom. The molecule has 0 N–H and O–H groups in total. The number of allylic oxidation sites excluding steroid dienone is 2. The van der Waals surface area contributed by atoms with E-state index in [1.165, 1.54) is 12.2 Å². The molecule has 1 heteroatoms. The van der Waals surface area contributed by atoms with E-state index < -0.39 is 0 Å². The van der Waals surface area contributed by atoms with Gasteiger partial charge in [0.05, 0.1) is 12.4 Å². The maximum absolute atomic E-state index is 5.40. The maximum Gasteiger partial charge on any atom is 0.0917 e. The van der Waals surface area contributed by atoms with Crippen LogP contribution < -0.4 is 0 Å². The van der Waals surface area contributed by atoms with E-state index in [4.69, 9.17) is 4.74 Å². The standard InChI is InChI=1S/C8H14O/c1-3-8-5-4-7(2)6-9-8/h5,7H,3-4,6H2,1-2H3. The van der Waals surface area contributed by atoms with Gasteiger partial charge >= 0.3 is 0 Å². The Hall–Kier alpha value is -0.460. The molecule has 1 aliphatic heterocycles. The van der Waals surface area contributed by atoms with Crippen molar-refractivity contribution in [2.75, 3.05) is 6.61 Å². The zero-order chi connectivity index (χ0) is 6.69. The fraction of sp³-hybridized carbons (Fsp3) is 0.750. The molecule has 0 saturated heterocycles. The third-order valence-electron chi connectivity index (χ3n) is 1.65. The van der Waals surface area contributed by atoms with Gasteiger partial charge in [0.15, 0.2) is 0 Å². The van der Waals surface area contributed by atoms with Gasteiger partial charge in [-0.3, -0.25) is 0 Å². The number of hydrogen-bond donors (Lipinski definition) is 0. The first-order chi connectivity index (χ1) is 4.33. The molecular weight excluding hydrogens is 112 g/mol. The zero-order valence-electron chi connectivity index (χ0n) is 6.18. The van der Waals surface area contributed by atoms with Crippen LogP contribution in [0.4, 0.5) is 0 Å². The Labute approximate surface area is 56.7 Å². The van der Waals surface area contributed by atoms with Crippen LogP contribution in [-0.4, -0.2) is 6.61 Å². The lowest BCUT2D eigenvalue weighted by Crippen LogP contribution is -2.09. The number of ether oxygens (including phenoxy) is 1. The summed E-state index contributed by atoms with van der Waals surface area (Å²) in [5.74, 6) is 1.90. The van der Waals surface area contributed by atoms with Crippen LogP contribution in [0, 0.1) is 5.92 Å². The first-order valence-corrected chi connectivity index (χ1v) is 3.64. The van der Waals surface area contributed by atoms with E-state index >= 15 is 0 Å². The van der Waals surface area contributed by atoms with Crippen LogP contribution in [0.3, 0.4) is 0 Å². The van der Waals surface area contributed by atoms with Crippen molar-refractivity contribution >= 4 is 0 Å². The second-order valence-corrected chi connectivity index (χ2v) is 2.68. The predicted octanol–water partition coefficient (Wildman–Crippen LogP) is 2.34. The summed E-state index contributed by atoms with van der Waals surface area (Å²) in [6, 6.07) is 0. The number of rotatable bonds is 1. The lowest BCUT2D eigenvalue weighted by molar-refractivity contribution is 0.148. The first-order valence-electron chi connectivity index (χ1n) is 3.64. The Kier molecular flexibility index (Phi) is 2.15. The molecule has 0 aromatic heterocycles. The van der Waals surface area contributed by atoms with Gasteiger partial charge in [-0.2, -0.15) is 0 Å². The SMILES string of the molecule is CCC1=CCC(C)CO1. The smallest absolute Gasteiger partial charge is 0.0917 e. The monoisotopic (exact) mass is 126 g/mol. The highest BCUT2D eigenvalue weighted by Gasteiger charge is 2.07. The Balaban J connectivity index is 2.40. The maximum atomic E-state index is 5.40. The highest BCUT2D eigenvalue weighted by Crippen LogP contribution is 2.16. The van der Waals surface area contributed by atoms with Crippen LogP contribution in [0.5, 0.6) is 0 Å². The van der Waals surface area contributed by atoms with E-state index in [1.54, 1.807) is 0 Å². The molecule has 0 bridgehead atoms. The molecule has 0 aromatic rings. The van der Waals surface area contributed by atoms with Gasteiger partial charge in [-0.15, -0.1) is 0 Å². The molecule has 52 valence electrons. The van der Waals surface area contributed by atoms with Gasteiger partial charge in [0, 0.05) is 6.42 Å². The Morgan fingerprint density at radius 1 is 1.78 bits per heavy atom. The zero-order valence-corrected chi connectivity index (χ0v) is 6.18. The van der Waals surface area contributed by atoms with Gasteiger partial charge < -0.3 is 4.74 Å². The molecule has 0 aromatic carbocycles. The molecule has 1 heterocycles. The molecule has 9 heavy (non-hydrogen) atoms. The molecule has 1 rings (SSSR count). The average Bonchev–Trinajstić information content (AvgIpc) is 1.90. The van der Waals surface area contributed by atoms with Gasteiger partial charge in [0.25, 0.3) is 0 Å². The van der Waals surface area contributed by atoms with E-state index in [-0.39, 0.29) is 0 Å². The van der Waals surface area contributed by atoms with Crippen LogP contribution in [-0.2, 0) is 4.74 Å². The fourth-order valence-corrected chi connectivity index (χ4v) is 0.955. The molecule has 1 aliphatic rings. The summed E-state index contributed by atoms with van der Waals surface area (Å²) in [5, 5.41) is 0. The minimum atomic E-state index is 0.722. The van der Waals surface area contributed by atoms with Gasteiger partial charge in [0.2, 0.25) is 0 Å². The lowest BCUT2D eigenvalue weighted by Gasteiger charge is -2.18. The van der Waals surface area contributed by atoms with Crippen molar-refractivity contribution in [3.05, 3.63) is 11.8 Å². The van der Waals surface area contributed by atoms with Crippen molar-refractivity contribution in [3.8, 4) is 0 Å². The summed E-state index contributed by atoms with van der Waals surface area (Å²) in [7, 11) is 0. The quantitative estimate of drug-likeness (QED) is 0.524. The van der Waals surface area contributed by atoms with Crippen molar-refractivity contribution in [1.29, 1.82) is 0 Å². The van der Waals surface area contributed by atoms with E-state index in [0.717, 1.165) is 18.9 Å². The lowest BCUT2D eigenvalue weighted by atomic mass is 10.1. The van der Waals surface area contributed by atoms with Crippen LogP contribution in [0.25, 0.3) is 0 Å². The van der Waals surface area contributed by atoms with Crippen LogP contribution in [0.15, 0.2) is 11.8 Å². The first kappa shape index (κ1) is 6.66. The molecule has 0 spiro atoms. The molecular formula is C8H14O. The second-order valence-electron chi connectivity index (χ2n) is 2.68. The Bertz CT molecular complexity index is 116. The normalized spacial score (nSPS) is 26.9. The van der Waals surface area contributed by atoms with Gasteiger partial charge in [-0.25, -0.2) is 0 Å². The third-order valence-corrected chi connectivity index (χ3v) is 1.65. The Morgan fingerprint density at radius 2 is 2.56 bits per heavy atom. The molecule has 1 nitrogen and oxygen atoms in total. The second kappa shape index (κ2) is 2.90. The fourth-order valence-electron chi connectivity index (χ4n) is 0.955. The van der Waals surface area contributed by atoms with Gasteiger partial charge in [-0.1, -0.05) is 13.8 Å². The molecule has 0 radical (unpaired) electrons. The predicted molar refractivity (Wildman–Crippen MR) is 38.1 cm³/mol. The summed E-state index contributed by atoms with van der Waals surface area (Å²) in [6.07, 6.45) is 4.45. The van der Waals surface area contributed by atoms with Crippen molar-refractivity contribution in [2.45, 2.75) is 26.7 Å². The van der Waals surface area contributed by atoms with Crippen LogP contribution in [0.2, 0.25) is 0 Å². The van der Waals surface area contributed by atoms with E-state index in [0.29, 0.717) is 0 Å². The summed E-state index contributed by atoms with van der Waals surface area (Å²) in [4.78, 5) is 0. The largest absolute Gasteiger partial charge is 0.498 e. The molecule has 0 amide bonds. The van der Waals surface area contributed by atoms with Crippen molar-refractivity contribution in [2.24, 2.45) is 5.92 Å². The third kappa shape index (κ3) is 1.74. The summed E-state index contributed by atoms with van der Waals surface area (Å²) >= 11 is 0. The average molecular weight is 126 g/mol. The minimum Gasteiger partial charge on any atom is -0.498 e. The van der Waals surface area contributed by atoms with E-state index in [2.05, 4.69) is 19.9 Å². The molecule has 0 saturated carbocycles. The van der Waals surface area contributed by atoms with E-state index in [1.807, 2.05) is 0 Å². The van der Waals surface area contributed by atoms with Gasteiger partial charge in [0.1, 0.15) is 0 Å². The molecule has 1 unspecified atom stereocenters. The van der Waals surface area contributed by atoms with Crippen LogP contribution >= 0.6 is 0 Å². The van der Waals surface area contributed by atoms with Crippen LogP contribution in [0.1, 0.15) is 26.7 Å². The highest BCUT2D eigenvalue weighted by molar-refractivity contribution is 4.95. The van der Waals surface area contributed by atoms with Crippen molar-refractivity contribution in [1.82, 2.24) is 0 Å². The molecule has 1 atom stereocenters. The molecule has 0 fully saturated rings. The van der Waals surface area contributed by atoms with Crippen molar-refractivity contribution in [3.63, 3.8) is 0 Å².